The minimum absolute atomic E-state index is 0.115. The van der Waals surface area contributed by atoms with Gasteiger partial charge in [0, 0.05) is 18.7 Å². The third-order valence-corrected chi connectivity index (χ3v) is 7.82. The standard InChI is InChI=1S/C25H22ClF3N4O5S/c1-37-10-9-32-22-8-3-16(11-18(22)13-31-32)15-33(23-21(26)12-19(14-30-23)25(27,28)29)39(35,36)20-6-4-17(5-7-20)24(34)38-2/h3-8,11-14H,9-10,15H2,1-2H3. The lowest BCUT2D eigenvalue weighted by Gasteiger charge is -2.25. The van der Waals surface area contributed by atoms with E-state index in [1.54, 1.807) is 36.2 Å². The van der Waals surface area contributed by atoms with Crippen LogP contribution in [0.5, 0.6) is 0 Å². The maximum Gasteiger partial charge on any atom is 0.417 e. The van der Waals surface area contributed by atoms with Crippen molar-refractivity contribution in [2.45, 2.75) is 24.2 Å². The molecular weight excluding hydrogens is 561 g/mol. The number of pyridine rings is 1. The monoisotopic (exact) mass is 582 g/mol. The van der Waals surface area contributed by atoms with Gasteiger partial charge >= 0.3 is 12.1 Å². The van der Waals surface area contributed by atoms with Crippen LogP contribution in [-0.4, -0.2) is 50.0 Å². The van der Waals surface area contributed by atoms with Crippen LogP contribution in [0.1, 0.15) is 21.5 Å². The van der Waals surface area contributed by atoms with Crippen molar-refractivity contribution in [2.24, 2.45) is 0 Å². The first kappa shape index (κ1) is 28.3. The number of carbonyl (C=O) groups is 1. The van der Waals surface area contributed by atoms with Gasteiger partial charge < -0.3 is 9.47 Å². The van der Waals surface area contributed by atoms with Crippen LogP contribution in [0.2, 0.25) is 5.02 Å². The quantitative estimate of drug-likeness (QED) is 0.258. The van der Waals surface area contributed by atoms with Gasteiger partial charge in [-0.1, -0.05) is 17.7 Å². The molecule has 0 aliphatic rings. The molecule has 0 aliphatic carbocycles. The van der Waals surface area contributed by atoms with E-state index in [1.165, 1.54) is 31.4 Å². The Morgan fingerprint density at radius 3 is 2.41 bits per heavy atom. The summed E-state index contributed by atoms with van der Waals surface area (Å²) in [5.41, 5.74) is 0.279. The lowest BCUT2D eigenvalue weighted by molar-refractivity contribution is -0.137. The number of halogens is 4. The van der Waals surface area contributed by atoms with E-state index in [1.807, 2.05) is 0 Å². The maximum absolute atomic E-state index is 13.8. The molecule has 39 heavy (non-hydrogen) atoms. The smallest absolute Gasteiger partial charge is 0.417 e. The van der Waals surface area contributed by atoms with Gasteiger partial charge in [0.25, 0.3) is 10.0 Å². The van der Waals surface area contributed by atoms with E-state index < -0.39 is 38.6 Å². The van der Waals surface area contributed by atoms with Crippen LogP contribution in [-0.2, 0) is 38.8 Å². The summed E-state index contributed by atoms with van der Waals surface area (Å²) in [7, 11) is -1.66. The Morgan fingerprint density at radius 1 is 1.08 bits per heavy atom. The number of benzene rings is 2. The second-order valence-corrected chi connectivity index (χ2v) is 10.6. The Hall–Kier alpha value is -3.68. The number of ether oxygens (including phenoxy) is 2. The van der Waals surface area contributed by atoms with Gasteiger partial charge in [-0.2, -0.15) is 18.3 Å². The highest BCUT2D eigenvalue weighted by molar-refractivity contribution is 7.92. The van der Waals surface area contributed by atoms with E-state index in [0.717, 1.165) is 15.2 Å². The van der Waals surface area contributed by atoms with Gasteiger partial charge in [0.05, 0.1) is 59.6 Å². The third-order valence-electron chi connectivity index (χ3n) is 5.79. The van der Waals surface area contributed by atoms with Crippen LogP contribution < -0.4 is 4.31 Å². The Balaban J connectivity index is 1.78. The van der Waals surface area contributed by atoms with E-state index >= 15 is 0 Å². The van der Waals surface area contributed by atoms with Crippen molar-refractivity contribution >= 4 is 44.3 Å². The number of fused-ring (bicyclic) bond motifs is 1. The van der Waals surface area contributed by atoms with Crippen molar-refractivity contribution in [1.82, 2.24) is 14.8 Å². The average Bonchev–Trinajstić information content (AvgIpc) is 3.31. The predicted octanol–water partition coefficient (Wildman–Crippen LogP) is 4.93. The number of nitrogens with zero attached hydrogens (tertiary/aromatic N) is 4. The summed E-state index contributed by atoms with van der Waals surface area (Å²) in [5.74, 6) is -1.06. The summed E-state index contributed by atoms with van der Waals surface area (Å²) < 4.78 is 79.5. The van der Waals surface area contributed by atoms with E-state index in [4.69, 9.17) is 16.3 Å². The molecule has 0 N–H and O–H groups in total. The molecule has 0 amide bonds. The number of alkyl halides is 3. The zero-order valence-electron chi connectivity index (χ0n) is 20.6. The zero-order chi connectivity index (χ0) is 28.4. The van der Waals surface area contributed by atoms with E-state index in [0.29, 0.717) is 31.0 Å². The van der Waals surface area contributed by atoms with Gasteiger partial charge in [-0.15, -0.1) is 0 Å². The summed E-state index contributed by atoms with van der Waals surface area (Å²) in [4.78, 5) is 15.3. The normalized spacial score (nSPS) is 12.1. The Kier molecular flexibility index (Phi) is 8.14. The van der Waals surface area contributed by atoms with Crippen LogP contribution >= 0.6 is 11.6 Å². The molecule has 0 atom stereocenters. The molecule has 2 aromatic carbocycles. The SMILES string of the molecule is COCCn1ncc2cc(CN(c3ncc(C(F)(F)F)cc3Cl)S(=O)(=O)c3ccc(C(=O)OC)cc3)ccc21. The molecule has 0 saturated heterocycles. The van der Waals surface area contributed by atoms with E-state index in [9.17, 15) is 26.4 Å². The van der Waals surface area contributed by atoms with Crippen molar-refractivity contribution in [3.8, 4) is 0 Å². The van der Waals surface area contributed by atoms with E-state index in [2.05, 4.69) is 14.8 Å². The van der Waals surface area contributed by atoms with Gasteiger partial charge in [-0.3, -0.25) is 4.68 Å². The largest absolute Gasteiger partial charge is 0.465 e. The number of esters is 1. The molecule has 2 aromatic heterocycles. The molecule has 206 valence electrons. The number of rotatable bonds is 9. The fourth-order valence-electron chi connectivity index (χ4n) is 3.81. The van der Waals surface area contributed by atoms with Crippen LogP contribution in [0.25, 0.3) is 10.9 Å². The number of anilines is 1. The van der Waals surface area contributed by atoms with Crippen LogP contribution in [0.3, 0.4) is 0 Å². The Morgan fingerprint density at radius 2 is 1.79 bits per heavy atom. The van der Waals surface area contributed by atoms with Crippen LogP contribution in [0.15, 0.2) is 65.8 Å². The maximum atomic E-state index is 13.8. The Bertz CT molecular complexity index is 1610. The van der Waals surface area contributed by atoms with Crippen molar-refractivity contribution in [2.75, 3.05) is 25.1 Å². The van der Waals surface area contributed by atoms with Gasteiger partial charge in [0.1, 0.15) is 0 Å². The third kappa shape index (κ3) is 6.00. The first-order chi connectivity index (χ1) is 18.5. The summed E-state index contributed by atoms with van der Waals surface area (Å²) >= 11 is 6.17. The predicted molar refractivity (Wildman–Crippen MR) is 137 cm³/mol. The molecule has 9 nitrogen and oxygen atoms in total. The molecule has 0 unspecified atom stereocenters. The summed E-state index contributed by atoms with van der Waals surface area (Å²) in [5, 5.41) is 4.52. The molecule has 0 fully saturated rings. The highest BCUT2D eigenvalue weighted by Gasteiger charge is 2.34. The molecule has 0 aliphatic heterocycles. The van der Waals surface area contributed by atoms with Crippen molar-refractivity contribution < 1.29 is 35.9 Å². The molecular formula is C25H22ClF3N4O5S. The van der Waals surface area contributed by atoms with Gasteiger partial charge in [-0.05, 0) is 48.0 Å². The van der Waals surface area contributed by atoms with E-state index in [-0.39, 0.29) is 17.0 Å². The fraction of sp³-hybridized carbons (Fsp3) is 0.240. The lowest BCUT2D eigenvalue weighted by Crippen LogP contribution is -2.32. The molecule has 0 saturated carbocycles. The minimum Gasteiger partial charge on any atom is -0.465 e. The molecule has 4 rings (SSSR count). The first-order valence-corrected chi connectivity index (χ1v) is 13.1. The lowest BCUT2D eigenvalue weighted by atomic mass is 10.1. The molecule has 0 bridgehead atoms. The average molecular weight is 583 g/mol. The first-order valence-electron chi connectivity index (χ1n) is 11.3. The number of aromatic nitrogens is 3. The molecule has 14 heteroatoms. The summed E-state index contributed by atoms with van der Waals surface area (Å²) in [6.07, 6.45) is -2.59. The van der Waals surface area contributed by atoms with Crippen LogP contribution in [0.4, 0.5) is 19.0 Å². The summed E-state index contributed by atoms with van der Waals surface area (Å²) in [6, 6.07) is 10.7. The second-order valence-electron chi connectivity index (χ2n) is 8.31. The fourth-order valence-corrected chi connectivity index (χ4v) is 5.55. The summed E-state index contributed by atoms with van der Waals surface area (Å²) in [6.45, 7) is 0.641. The minimum atomic E-state index is -4.73. The number of hydrogen-bond acceptors (Lipinski definition) is 7. The topological polar surface area (TPSA) is 104 Å². The molecule has 0 radical (unpaired) electrons. The van der Waals surface area contributed by atoms with Gasteiger partial charge in [-0.25, -0.2) is 22.5 Å². The number of methoxy groups -OCH3 is 2. The van der Waals surface area contributed by atoms with Gasteiger partial charge in [0.2, 0.25) is 0 Å². The number of hydrogen-bond donors (Lipinski definition) is 0. The Labute approximate surface area is 226 Å². The highest BCUT2D eigenvalue weighted by atomic mass is 35.5. The zero-order valence-corrected chi connectivity index (χ0v) is 22.2. The molecule has 2 heterocycles. The number of sulfonamides is 1. The van der Waals surface area contributed by atoms with Crippen molar-refractivity contribution in [3.63, 3.8) is 0 Å². The highest BCUT2D eigenvalue weighted by Crippen LogP contribution is 2.36. The van der Waals surface area contributed by atoms with Crippen molar-refractivity contribution in [3.05, 3.63) is 82.6 Å². The number of carbonyl (C=O) groups excluding carboxylic acids is 1. The molecule has 4 aromatic rings. The molecule has 0 spiro atoms. The van der Waals surface area contributed by atoms with Crippen LogP contribution in [0, 0.1) is 0 Å². The second kappa shape index (κ2) is 11.2. The van der Waals surface area contributed by atoms with Gasteiger partial charge in [0.15, 0.2) is 5.82 Å². The van der Waals surface area contributed by atoms with Crippen molar-refractivity contribution in [1.29, 1.82) is 0 Å².